The smallest absolute Gasteiger partial charge is 0.161 e. The molecule has 0 radical (unpaired) electrons. The first-order chi connectivity index (χ1) is 29.6. The Labute approximate surface area is 350 Å². The van der Waals surface area contributed by atoms with E-state index in [1.807, 2.05) is 0 Å². The van der Waals surface area contributed by atoms with Gasteiger partial charge in [0.1, 0.15) is 5.82 Å². The zero-order valence-corrected chi connectivity index (χ0v) is 33.7. The second-order valence-electron chi connectivity index (χ2n) is 17.7. The first-order valence-electron chi connectivity index (χ1n) is 21.8. The Bertz CT molecular complexity index is 3270. The van der Waals surface area contributed by atoms with Gasteiger partial charge in [0.15, 0.2) is 5.82 Å². The van der Waals surface area contributed by atoms with Crippen LogP contribution in [0.25, 0.3) is 83.9 Å². The maximum Gasteiger partial charge on any atom is 0.161 e. The highest BCUT2D eigenvalue weighted by atomic mass is 15.1. The highest BCUT2D eigenvalue weighted by molar-refractivity contribution is 6.11. The van der Waals surface area contributed by atoms with E-state index >= 15 is 0 Å². The van der Waals surface area contributed by atoms with Gasteiger partial charge in [-0.25, -0.2) is 9.97 Å². The molecule has 0 saturated heterocycles. The lowest BCUT2D eigenvalue weighted by atomic mass is 9.64. The Morgan fingerprint density at radius 3 is 2.23 bits per heavy atom. The lowest BCUT2D eigenvalue weighted by Gasteiger charge is -2.40. The Morgan fingerprint density at radius 1 is 0.617 bits per heavy atom. The Kier molecular flexibility index (Phi) is 7.31. The fourth-order valence-corrected chi connectivity index (χ4v) is 11.4. The molecule has 0 N–H and O–H groups in total. The minimum absolute atomic E-state index is 0.0403. The van der Waals surface area contributed by atoms with Crippen molar-refractivity contribution in [3.8, 4) is 39.5 Å². The van der Waals surface area contributed by atoms with E-state index in [0.717, 1.165) is 49.3 Å². The fourth-order valence-electron chi connectivity index (χ4n) is 11.4. The van der Waals surface area contributed by atoms with Crippen molar-refractivity contribution in [3.63, 3.8) is 0 Å². The molecule has 3 heterocycles. The Hall–Kier alpha value is -6.78. The van der Waals surface area contributed by atoms with Gasteiger partial charge in [-0.2, -0.15) is 0 Å². The van der Waals surface area contributed by atoms with Crippen LogP contribution in [0.1, 0.15) is 67.0 Å². The SMILES string of the molecule is C[C@]12C=CC=CC1c1nc(-c3cccc(-c4ccccc4)c3)nc(-n3c4ccccc4c4cc(-c5ccc6c(c5)c5c(n6C6=CCCC=C6)C=CCC5)ccc43)c1C1C[C@H]12. The standard InChI is InChI=1S/C56H44N4/c1-56-30-13-12-23-46(56)53-52(45-34-47(45)56)55(58-54(57-53)39-18-14-17-36(31-39)35-15-4-2-5-16-35)60-49-25-11-9-22-42(49)44-33-38(27-29-51(44)60)37-26-28-50-43(32-37)41-21-8-10-24-48(41)59(50)40-19-6-3-7-20-40/h2,4-6,9-20,22-33,45-47H,3,7-8,21,34H2,1H3/t45?,46?,47-,56+/m1/s1. The minimum Gasteiger partial charge on any atom is -0.310 e. The molecule has 0 bridgehead atoms. The highest BCUT2D eigenvalue weighted by Gasteiger charge is 2.59. The maximum absolute atomic E-state index is 5.66. The summed E-state index contributed by atoms with van der Waals surface area (Å²) >= 11 is 0. The predicted octanol–water partition coefficient (Wildman–Crippen LogP) is 14.0. The van der Waals surface area contributed by atoms with E-state index in [4.69, 9.17) is 9.97 Å². The van der Waals surface area contributed by atoms with E-state index in [-0.39, 0.29) is 11.3 Å². The van der Waals surface area contributed by atoms with Gasteiger partial charge >= 0.3 is 0 Å². The summed E-state index contributed by atoms with van der Waals surface area (Å²) in [5.41, 5.74) is 16.2. The zero-order chi connectivity index (χ0) is 39.5. The van der Waals surface area contributed by atoms with Crippen LogP contribution in [0.2, 0.25) is 0 Å². The first-order valence-corrected chi connectivity index (χ1v) is 21.8. The number of hydrogen-bond donors (Lipinski definition) is 0. The second kappa shape index (κ2) is 12.9. The summed E-state index contributed by atoms with van der Waals surface area (Å²) in [6.45, 7) is 2.45. The summed E-state index contributed by atoms with van der Waals surface area (Å²) in [5.74, 6) is 3.00. The van der Waals surface area contributed by atoms with Crippen molar-refractivity contribution in [2.45, 2.75) is 50.9 Å². The van der Waals surface area contributed by atoms with Crippen molar-refractivity contribution >= 4 is 44.5 Å². The molecular weight excluding hydrogens is 729 g/mol. The van der Waals surface area contributed by atoms with Crippen LogP contribution in [-0.2, 0) is 6.42 Å². The Morgan fingerprint density at radius 2 is 1.37 bits per heavy atom. The van der Waals surface area contributed by atoms with E-state index in [1.54, 1.807) is 0 Å². The monoisotopic (exact) mass is 772 g/mol. The summed E-state index contributed by atoms with van der Waals surface area (Å²) in [7, 11) is 0. The van der Waals surface area contributed by atoms with Crippen LogP contribution >= 0.6 is 0 Å². The molecule has 1 saturated carbocycles. The lowest BCUT2D eigenvalue weighted by Crippen LogP contribution is -2.32. The number of hydrogen-bond acceptors (Lipinski definition) is 2. The molecule has 0 amide bonds. The van der Waals surface area contributed by atoms with E-state index in [0.29, 0.717) is 11.8 Å². The third-order valence-electron chi connectivity index (χ3n) is 14.4. The number of para-hydroxylation sites is 1. The molecule has 0 spiro atoms. The van der Waals surface area contributed by atoms with Gasteiger partial charge in [0.25, 0.3) is 0 Å². The molecule has 3 aromatic heterocycles. The van der Waals surface area contributed by atoms with Crippen LogP contribution < -0.4 is 0 Å². The topological polar surface area (TPSA) is 35.6 Å². The molecule has 4 nitrogen and oxygen atoms in total. The number of rotatable bonds is 5. The van der Waals surface area contributed by atoms with Gasteiger partial charge in [-0.3, -0.25) is 4.57 Å². The van der Waals surface area contributed by atoms with Crippen LogP contribution in [-0.4, -0.2) is 19.1 Å². The Balaban J connectivity index is 1.01. The van der Waals surface area contributed by atoms with Crippen LogP contribution in [0.15, 0.2) is 164 Å². The quantitative estimate of drug-likeness (QED) is 0.175. The van der Waals surface area contributed by atoms with Gasteiger partial charge in [-0.15, -0.1) is 0 Å². The molecule has 5 aromatic carbocycles. The molecule has 4 atom stereocenters. The van der Waals surface area contributed by atoms with Crippen LogP contribution in [0, 0.1) is 11.3 Å². The third-order valence-corrected chi connectivity index (χ3v) is 14.4. The molecule has 2 unspecified atom stereocenters. The van der Waals surface area contributed by atoms with Crippen LogP contribution in [0.4, 0.5) is 0 Å². The van der Waals surface area contributed by atoms with Crippen LogP contribution in [0.5, 0.6) is 0 Å². The highest BCUT2D eigenvalue weighted by Crippen LogP contribution is 2.68. The van der Waals surface area contributed by atoms with Crippen molar-refractivity contribution in [2.24, 2.45) is 11.3 Å². The molecule has 8 aromatic rings. The summed E-state index contributed by atoms with van der Waals surface area (Å²) in [4.78, 5) is 11.2. The third kappa shape index (κ3) is 4.97. The molecular formula is C56H44N4. The number of aryl methyl sites for hydroxylation is 1. The molecule has 1 fully saturated rings. The lowest BCUT2D eigenvalue weighted by molar-refractivity contribution is 0.296. The van der Waals surface area contributed by atoms with E-state index in [1.165, 1.54) is 83.2 Å². The molecule has 0 aliphatic heterocycles. The minimum atomic E-state index is 0.0403. The summed E-state index contributed by atoms with van der Waals surface area (Å²) < 4.78 is 4.95. The van der Waals surface area contributed by atoms with E-state index in [9.17, 15) is 0 Å². The normalized spacial score (nSPS) is 22.1. The van der Waals surface area contributed by atoms with Crippen molar-refractivity contribution in [1.82, 2.24) is 19.1 Å². The molecule has 5 aliphatic rings. The average molecular weight is 773 g/mol. The first kappa shape index (κ1) is 34.1. The van der Waals surface area contributed by atoms with Gasteiger partial charge in [-0.05, 0) is 120 Å². The molecule has 5 aliphatic carbocycles. The van der Waals surface area contributed by atoms with Crippen molar-refractivity contribution in [1.29, 1.82) is 0 Å². The molecule has 288 valence electrons. The number of benzene rings is 5. The number of allylic oxidation sites excluding steroid dienone is 9. The number of nitrogens with zero attached hydrogens (tertiary/aromatic N) is 4. The fraction of sp³-hybridized carbons (Fsp3) is 0.179. The van der Waals surface area contributed by atoms with Crippen molar-refractivity contribution in [3.05, 3.63) is 186 Å². The van der Waals surface area contributed by atoms with E-state index < -0.39 is 0 Å². The number of fused-ring (bicyclic) bond motifs is 12. The maximum atomic E-state index is 5.66. The largest absolute Gasteiger partial charge is 0.310 e. The van der Waals surface area contributed by atoms with Gasteiger partial charge < -0.3 is 4.57 Å². The predicted molar refractivity (Wildman–Crippen MR) is 248 cm³/mol. The summed E-state index contributed by atoms with van der Waals surface area (Å²) in [6, 6.07) is 42.6. The number of aromatic nitrogens is 4. The second-order valence-corrected chi connectivity index (χ2v) is 17.7. The summed E-state index contributed by atoms with van der Waals surface area (Å²) in [6.07, 6.45) is 26.5. The molecule has 13 rings (SSSR count). The van der Waals surface area contributed by atoms with Gasteiger partial charge in [0, 0.05) is 50.0 Å². The zero-order valence-electron chi connectivity index (χ0n) is 33.7. The molecule has 4 heteroatoms. The average Bonchev–Trinajstić information content (AvgIpc) is 3.98. The van der Waals surface area contributed by atoms with Gasteiger partial charge in [0.2, 0.25) is 0 Å². The van der Waals surface area contributed by atoms with Crippen LogP contribution in [0.3, 0.4) is 0 Å². The summed E-state index contributed by atoms with van der Waals surface area (Å²) in [5, 5.41) is 3.86. The molecule has 60 heavy (non-hydrogen) atoms. The van der Waals surface area contributed by atoms with E-state index in [2.05, 4.69) is 186 Å². The van der Waals surface area contributed by atoms with Gasteiger partial charge in [0.05, 0.1) is 22.2 Å². The van der Waals surface area contributed by atoms with Crippen molar-refractivity contribution in [2.75, 3.05) is 0 Å². The van der Waals surface area contributed by atoms with Gasteiger partial charge in [-0.1, -0.05) is 128 Å². The van der Waals surface area contributed by atoms with Crippen molar-refractivity contribution < 1.29 is 0 Å².